The molecule has 6 heteroatoms. The number of carbonyl (C=O) groups is 1. The number of ketones is 1. The molecule has 0 amide bonds. The van der Waals surface area contributed by atoms with Crippen LogP contribution >= 0.6 is 0 Å². The van der Waals surface area contributed by atoms with Gasteiger partial charge >= 0.3 is 0 Å². The molecular weight excluding hydrogens is 250 g/mol. The molecule has 0 saturated carbocycles. The normalized spacial score (nSPS) is 25.5. The molecule has 0 spiro atoms. The van der Waals surface area contributed by atoms with E-state index < -0.39 is 11.2 Å². The van der Waals surface area contributed by atoms with Gasteiger partial charge in [0.1, 0.15) is 5.76 Å². The van der Waals surface area contributed by atoms with Crippen LogP contribution in [0, 0.1) is 16.0 Å². The minimum absolute atomic E-state index is 0.0852. The minimum Gasteiger partial charge on any atom is -0.463 e. The third kappa shape index (κ3) is 2.00. The number of hydrogen-bond acceptors (Lipinski definition) is 5. The summed E-state index contributed by atoms with van der Waals surface area (Å²) in [6.07, 6.45) is 1.34. The average Bonchev–Trinajstić information content (AvgIpc) is 2.87. The van der Waals surface area contributed by atoms with Crippen molar-refractivity contribution in [1.29, 1.82) is 0 Å². The van der Waals surface area contributed by atoms with Gasteiger partial charge in [-0.3, -0.25) is 14.9 Å². The topological polar surface area (TPSA) is 78.7 Å². The van der Waals surface area contributed by atoms with E-state index in [-0.39, 0.29) is 23.1 Å². The van der Waals surface area contributed by atoms with E-state index >= 15 is 0 Å². The van der Waals surface area contributed by atoms with E-state index in [2.05, 4.69) is 0 Å². The zero-order valence-electron chi connectivity index (χ0n) is 9.94. The number of nitro groups is 1. The second-order valence-corrected chi connectivity index (χ2v) is 4.44. The predicted octanol–water partition coefficient (Wildman–Crippen LogP) is 1.90. The first-order chi connectivity index (χ1) is 9.16. The fourth-order valence-corrected chi connectivity index (χ4v) is 2.33. The largest absolute Gasteiger partial charge is 0.463 e. The third-order valence-corrected chi connectivity index (χ3v) is 3.29. The number of nitrogens with zero attached hydrogens (tertiary/aromatic N) is 1. The van der Waals surface area contributed by atoms with Crippen molar-refractivity contribution in [3.05, 3.63) is 46.0 Å². The molecule has 1 saturated heterocycles. The molecule has 2 atom stereocenters. The Morgan fingerprint density at radius 2 is 2.11 bits per heavy atom. The second-order valence-electron chi connectivity index (χ2n) is 4.44. The SMILES string of the molecule is O=C1C=C(c2ccccc2[N+](=O)[O-])O[C@H]2OCC[C@@H]12. The van der Waals surface area contributed by atoms with Gasteiger partial charge in [-0.15, -0.1) is 0 Å². The van der Waals surface area contributed by atoms with Crippen LogP contribution in [0.1, 0.15) is 12.0 Å². The van der Waals surface area contributed by atoms with E-state index in [0.29, 0.717) is 18.6 Å². The number of rotatable bonds is 2. The van der Waals surface area contributed by atoms with Gasteiger partial charge in [-0.25, -0.2) is 0 Å². The van der Waals surface area contributed by atoms with Crippen molar-refractivity contribution >= 4 is 17.2 Å². The van der Waals surface area contributed by atoms with E-state index in [1.165, 1.54) is 12.1 Å². The number of para-hydroxylation sites is 1. The van der Waals surface area contributed by atoms with Crippen LogP contribution in [0.15, 0.2) is 30.3 Å². The maximum absolute atomic E-state index is 11.9. The van der Waals surface area contributed by atoms with Crippen LogP contribution in [0.5, 0.6) is 0 Å². The van der Waals surface area contributed by atoms with Crippen LogP contribution in [0.4, 0.5) is 5.69 Å². The lowest BCUT2D eigenvalue weighted by atomic mass is 9.97. The lowest BCUT2D eigenvalue weighted by Crippen LogP contribution is -2.29. The van der Waals surface area contributed by atoms with Gasteiger partial charge in [0.05, 0.1) is 23.0 Å². The lowest BCUT2D eigenvalue weighted by molar-refractivity contribution is -0.385. The number of benzene rings is 1. The fourth-order valence-electron chi connectivity index (χ4n) is 2.33. The molecule has 0 N–H and O–H groups in total. The summed E-state index contributed by atoms with van der Waals surface area (Å²) in [5.74, 6) is -0.172. The van der Waals surface area contributed by atoms with Gasteiger partial charge in [0, 0.05) is 12.1 Å². The van der Waals surface area contributed by atoms with Crippen molar-refractivity contribution in [2.75, 3.05) is 6.61 Å². The highest BCUT2D eigenvalue weighted by molar-refractivity contribution is 5.99. The van der Waals surface area contributed by atoms with E-state index in [9.17, 15) is 14.9 Å². The predicted molar refractivity (Wildman–Crippen MR) is 65.0 cm³/mol. The first-order valence-electron chi connectivity index (χ1n) is 5.94. The lowest BCUT2D eigenvalue weighted by Gasteiger charge is -2.24. The minimum atomic E-state index is -0.618. The molecule has 0 unspecified atom stereocenters. The first kappa shape index (κ1) is 11.9. The Morgan fingerprint density at radius 1 is 1.32 bits per heavy atom. The number of ether oxygens (including phenoxy) is 2. The van der Waals surface area contributed by atoms with E-state index in [1.807, 2.05) is 0 Å². The molecule has 98 valence electrons. The van der Waals surface area contributed by atoms with Crippen LogP contribution in [0.25, 0.3) is 5.76 Å². The fraction of sp³-hybridized carbons (Fsp3) is 0.308. The summed E-state index contributed by atoms with van der Waals surface area (Å²) in [6, 6.07) is 6.18. The van der Waals surface area contributed by atoms with Crippen molar-refractivity contribution < 1.29 is 19.2 Å². The number of allylic oxidation sites excluding steroid dienone is 1. The molecule has 1 fully saturated rings. The summed E-state index contributed by atoms with van der Waals surface area (Å²) in [4.78, 5) is 22.4. The highest BCUT2D eigenvalue weighted by Gasteiger charge is 2.39. The Labute approximate surface area is 108 Å². The molecule has 2 aliphatic heterocycles. The molecule has 2 aliphatic rings. The summed E-state index contributed by atoms with van der Waals surface area (Å²) >= 11 is 0. The molecule has 1 aromatic rings. The highest BCUT2D eigenvalue weighted by Crippen LogP contribution is 2.36. The highest BCUT2D eigenvalue weighted by atomic mass is 16.7. The summed E-state index contributed by atoms with van der Waals surface area (Å²) in [5, 5.41) is 11.0. The first-order valence-corrected chi connectivity index (χ1v) is 5.94. The van der Waals surface area contributed by atoms with Crippen molar-refractivity contribution in [2.45, 2.75) is 12.7 Å². The molecule has 0 aromatic heterocycles. The Bertz CT molecular complexity index is 580. The molecule has 0 bridgehead atoms. The van der Waals surface area contributed by atoms with Gasteiger partial charge in [0.2, 0.25) is 6.29 Å². The number of hydrogen-bond donors (Lipinski definition) is 0. The molecule has 1 aromatic carbocycles. The standard InChI is InChI=1S/C13H11NO5/c15-11-7-12(19-13-9(11)5-6-18-13)8-3-1-2-4-10(8)14(16)17/h1-4,7,9,13H,5-6H2/t9-,13+/m0/s1. The van der Waals surface area contributed by atoms with Crippen molar-refractivity contribution in [1.82, 2.24) is 0 Å². The summed E-state index contributed by atoms with van der Waals surface area (Å²) in [7, 11) is 0. The van der Waals surface area contributed by atoms with Gasteiger partial charge in [-0.05, 0) is 12.5 Å². The summed E-state index contributed by atoms with van der Waals surface area (Å²) < 4.78 is 10.9. The number of nitro benzene ring substituents is 1. The molecular formula is C13H11NO5. The van der Waals surface area contributed by atoms with E-state index in [1.54, 1.807) is 18.2 Å². The Hall–Kier alpha value is -2.21. The molecule has 0 aliphatic carbocycles. The Kier molecular flexibility index (Phi) is 2.79. The Balaban J connectivity index is 2.01. The number of carbonyl (C=O) groups excluding carboxylic acids is 1. The number of fused-ring (bicyclic) bond motifs is 1. The van der Waals surface area contributed by atoms with Gasteiger partial charge in [0.25, 0.3) is 5.69 Å². The quantitative estimate of drug-likeness (QED) is 0.600. The van der Waals surface area contributed by atoms with Crippen LogP contribution in [0.2, 0.25) is 0 Å². The zero-order valence-corrected chi connectivity index (χ0v) is 9.94. The second kappa shape index (κ2) is 4.47. The van der Waals surface area contributed by atoms with Gasteiger partial charge in [0.15, 0.2) is 5.78 Å². The van der Waals surface area contributed by atoms with Crippen molar-refractivity contribution in [3.63, 3.8) is 0 Å². The van der Waals surface area contributed by atoms with Gasteiger partial charge in [-0.1, -0.05) is 12.1 Å². The van der Waals surface area contributed by atoms with Crippen LogP contribution in [-0.4, -0.2) is 23.6 Å². The van der Waals surface area contributed by atoms with Crippen LogP contribution in [-0.2, 0) is 14.3 Å². The Morgan fingerprint density at radius 3 is 2.89 bits per heavy atom. The maximum Gasteiger partial charge on any atom is 0.280 e. The third-order valence-electron chi connectivity index (χ3n) is 3.29. The zero-order chi connectivity index (χ0) is 13.4. The maximum atomic E-state index is 11.9. The van der Waals surface area contributed by atoms with Gasteiger partial charge in [-0.2, -0.15) is 0 Å². The van der Waals surface area contributed by atoms with E-state index in [4.69, 9.17) is 9.47 Å². The van der Waals surface area contributed by atoms with Crippen LogP contribution < -0.4 is 0 Å². The molecule has 19 heavy (non-hydrogen) atoms. The van der Waals surface area contributed by atoms with Gasteiger partial charge < -0.3 is 9.47 Å². The van der Waals surface area contributed by atoms with Crippen molar-refractivity contribution in [3.8, 4) is 0 Å². The molecule has 6 nitrogen and oxygen atoms in total. The average molecular weight is 261 g/mol. The summed E-state index contributed by atoms with van der Waals surface area (Å²) in [5.41, 5.74) is 0.216. The monoisotopic (exact) mass is 261 g/mol. The molecule has 2 heterocycles. The smallest absolute Gasteiger partial charge is 0.280 e. The summed E-state index contributed by atoms with van der Waals surface area (Å²) in [6.45, 7) is 0.471. The molecule has 3 rings (SSSR count). The van der Waals surface area contributed by atoms with Crippen LogP contribution in [0.3, 0.4) is 0 Å². The van der Waals surface area contributed by atoms with Crippen molar-refractivity contribution in [2.24, 2.45) is 5.92 Å². The van der Waals surface area contributed by atoms with E-state index in [0.717, 1.165) is 0 Å². The molecule has 0 radical (unpaired) electrons.